The molecule has 4 heterocycles. The summed E-state index contributed by atoms with van der Waals surface area (Å²) in [6.07, 6.45) is 3.29. The van der Waals surface area contributed by atoms with E-state index in [4.69, 9.17) is 18.9 Å². The zero-order valence-corrected chi connectivity index (χ0v) is 34.6. The molecule has 6 aromatic rings. The van der Waals surface area contributed by atoms with Gasteiger partial charge in [0.25, 0.3) is 0 Å². The van der Waals surface area contributed by atoms with Crippen LogP contribution in [0, 0.1) is 0 Å². The molecule has 59 heavy (non-hydrogen) atoms. The summed E-state index contributed by atoms with van der Waals surface area (Å²) in [6, 6.07) is 27.5. The largest absolute Gasteiger partial charge is 0.454 e. The number of benzene rings is 4. The maximum absolute atomic E-state index is 13.2. The van der Waals surface area contributed by atoms with Crippen LogP contribution >= 0.6 is 0 Å². The monoisotopic (exact) mass is 794 g/mol. The first kappa shape index (κ1) is 38.3. The third-order valence-electron chi connectivity index (χ3n) is 12.0. The van der Waals surface area contributed by atoms with Gasteiger partial charge in [-0.1, -0.05) is 53.7 Å². The van der Waals surface area contributed by atoms with E-state index >= 15 is 0 Å². The van der Waals surface area contributed by atoms with Gasteiger partial charge in [0.1, 0.15) is 0 Å². The average molecular weight is 795 g/mol. The fourth-order valence-electron chi connectivity index (χ4n) is 8.23. The van der Waals surface area contributed by atoms with E-state index in [2.05, 4.69) is 63.2 Å². The molecule has 2 saturated carbocycles. The standard InChI is InChI=1S/C25H26N2O4.C23H24N2O3/c1-15(28)27-19-7-6-18(11-16(19)12-22(27)24(2,3)4)26-23(29)25(9-10-25)17-5-8-20-21(13-17)31-14-30-20;1-22(2,3)20-11-14-10-16(5-6-17(14)25-20)24-21(26)23(8-9-23)15-4-7-18-19(12-15)28-13-27-18/h5-8,11-13H,9-10,14H2,1-4H3,(H,26,29);4-7,10-12,25H,8-9,13H2,1-3H3,(H,24,26). The minimum atomic E-state index is -0.530. The van der Waals surface area contributed by atoms with E-state index < -0.39 is 10.8 Å². The molecule has 0 atom stereocenters. The Morgan fingerprint density at radius 2 is 1.10 bits per heavy atom. The van der Waals surface area contributed by atoms with Gasteiger partial charge in [-0.05, 0) is 110 Å². The lowest BCUT2D eigenvalue weighted by Gasteiger charge is -2.20. The molecule has 11 heteroatoms. The number of nitrogens with zero attached hydrogens (tertiary/aromatic N) is 1. The highest BCUT2D eigenvalue weighted by atomic mass is 16.7. The molecule has 2 aliphatic carbocycles. The summed E-state index contributed by atoms with van der Waals surface area (Å²) in [4.78, 5) is 42.1. The number of ether oxygens (including phenoxy) is 4. The van der Waals surface area contributed by atoms with Gasteiger partial charge in [-0.15, -0.1) is 0 Å². The number of aromatic amines is 1. The molecule has 0 radical (unpaired) electrons. The first-order chi connectivity index (χ1) is 28.0. The summed E-state index contributed by atoms with van der Waals surface area (Å²) in [5.41, 5.74) is 6.46. The first-order valence-electron chi connectivity index (χ1n) is 20.3. The molecule has 2 amide bonds. The fourth-order valence-corrected chi connectivity index (χ4v) is 8.23. The number of hydrogen-bond acceptors (Lipinski definition) is 7. The lowest BCUT2D eigenvalue weighted by molar-refractivity contribution is -0.119. The number of aromatic nitrogens is 2. The summed E-state index contributed by atoms with van der Waals surface area (Å²) < 4.78 is 23.5. The van der Waals surface area contributed by atoms with E-state index in [1.165, 1.54) is 5.69 Å². The van der Waals surface area contributed by atoms with Crippen molar-refractivity contribution in [3.63, 3.8) is 0 Å². The quantitative estimate of drug-likeness (QED) is 0.153. The molecule has 10 rings (SSSR count). The van der Waals surface area contributed by atoms with Crippen molar-refractivity contribution in [2.45, 2.75) is 95.8 Å². The van der Waals surface area contributed by atoms with Crippen molar-refractivity contribution in [2.24, 2.45) is 0 Å². The Morgan fingerprint density at radius 3 is 1.59 bits per heavy atom. The summed E-state index contributed by atoms with van der Waals surface area (Å²) in [5, 5.41) is 8.26. The SMILES string of the molecule is CC(=O)n1c(C(C)(C)C)cc2cc(NC(=O)C3(c4ccc5c(c4)OCO5)CC3)ccc21.CC(C)(C)c1cc2cc(NC(=O)C3(c4ccc5c(c4)OCO5)CC3)ccc2[nH]1. The number of nitrogens with one attached hydrogen (secondary N) is 3. The second-order valence-corrected chi connectivity index (χ2v) is 18.4. The Labute approximate surface area is 343 Å². The lowest BCUT2D eigenvalue weighted by Crippen LogP contribution is -2.27. The highest BCUT2D eigenvalue weighted by Gasteiger charge is 2.52. The molecular weight excluding hydrogens is 745 g/mol. The van der Waals surface area contributed by atoms with Crippen LogP contribution in [0.25, 0.3) is 21.8 Å². The van der Waals surface area contributed by atoms with E-state index in [1.807, 2.05) is 78.9 Å². The Hall–Kier alpha value is -6.23. The first-order valence-corrected chi connectivity index (χ1v) is 20.3. The van der Waals surface area contributed by atoms with Crippen molar-refractivity contribution in [1.29, 1.82) is 0 Å². The van der Waals surface area contributed by atoms with E-state index in [9.17, 15) is 14.4 Å². The van der Waals surface area contributed by atoms with Crippen LogP contribution in [0.2, 0.25) is 0 Å². The van der Waals surface area contributed by atoms with Crippen molar-refractivity contribution < 1.29 is 33.3 Å². The molecule has 0 spiro atoms. The second kappa shape index (κ2) is 13.7. The molecule has 2 aliphatic heterocycles. The molecule has 0 unspecified atom stereocenters. The fraction of sp³-hybridized carbons (Fsp3) is 0.354. The van der Waals surface area contributed by atoms with Gasteiger partial charge >= 0.3 is 0 Å². The highest BCUT2D eigenvalue weighted by molar-refractivity contribution is 6.04. The number of carbonyl (C=O) groups excluding carboxylic acids is 3. The molecule has 0 bridgehead atoms. The molecule has 2 aromatic heterocycles. The van der Waals surface area contributed by atoms with Gasteiger partial charge in [-0.3, -0.25) is 19.0 Å². The van der Waals surface area contributed by atoms with Crippen LogP contribution in [0.1, 0.15) is 101 Å². The van der Waals surface area contributed by atoms with E-state index in [1.54, 1.807) is 11.5 Å². The molecular formula is C48H50N4O7. The van der Waals surface area contributed by atoms with Crippen molar-refractivity contribution in [3.05, 3.63) is 107 Å². The minimum Gasteiger partial charge on any atom is -0.454 e. The summed E-state index contributed by atoms with van der Waals surface area (Å²) >= 11 is 0. The Balaban J connectivity index is 0.000000153. The van der Waals surface area contributed by atoms with Gasteiger partial charge in [0.2, 0.25) is 31.3 Å². The summed E-state index contributed by atoms with van der Waals surface area (Å²) in [5.74, 6) is 2.88. The minimum absolute atomic E-state index is 0.0172. The Bertz CT molecular complexity index is 2680. The van der Waals surface area contributed by atoms with Crippen LogP contribution in [0.15, 0.2) is 84.9 Å². The smallest absolute Gasteiger partial charge is 0.235 e. The maximum atomic E-state index is 13.2. The molecule has 2 fully saturated rings. The molecule has 0 saturated heterocycles. The highest BCUT2D eigenvalue weighted by Crippen LogP contribution is 2.52. The Morgan fingerprint density at radius 1 is 0.593 bits per heavy atom. The molecule has 4 aromatic carbocycles. The lowest BCUT2D eigenvalue weighted by atomic mass is 9.92. The van der Waals surface area contributed by atoms with Gasteiger partial charge in [0, 0.05) is 56.8 Å². The van der Waals surface area contributed by atoms with Crippen molar-refractivity contribution in [2.75, 3.05) is 24.2 Å². The van der Waals surface area contributed by atoms with Crippen molar-refractivity contribution >= 4 is 50.9 Å². The van der Waals surface area contributed by atoms with Gasteiger partial charge < -0.3 is 34.6 Å². The molecule has 11 nitrogen and oxygen atoms in total. The third-order valence-corrected chi connectivity index (χ3v) is 12.0. The zero-order valence-electron chi connectivity index (χ0n) is 34.6. The van der Waals surface area contributed by atoms with E-state index in [-0.39, 0.29) is 42.1 Å². The van der Waals surface area contributed by atoms with Crippen LogP contribution in [-0.4, -0.2) is 40.9 Å². The number of rotatable bonds is 6. The van der Waals surface area contributed by atoms with Crippen LogP contribution in [0.5, 0.6) is 23.0 Å². The summed E-state index contributed by atoms with van der Waals surface area (Å²) in [7, 11) is 0. The Kier molecular flexibility index (Phi) is 8.88. The predicted octanol–water partition coefficient (Wildman–Crippen LogP) is 9.86. The summed E-state index contributed by atoms with van der Waals surface area (Å²) in [6.45, 7) is 14.8. The number of carbonyl (C=O) groups is 3. The molecule has 304 valence electrons. The van der Waals surface area contributed by atoms with Gasteiger partial charge in [0.15, 0.2) is 23.0 Å². The number of amides is 2. The maximum Gasteiger partial charge on any atom is 0.235 e. The van der Waals surface area contributed by atoms with Crippen LogP contribution < -0.4 is 29.6 Å². The van der Waals surface area contributed by atoms with Crippen LogP contribution in [-0.2, 0) is 31.2 Å². The van der Waals surface area contributed by atoms with Crippen LogP contribution in [0.4, 0.5) is 11.4 Å². The number of fused-ring (bicyclic) bond motifs is 4. The van der Waals surface area contributed by atoms with E-state index in [0.717, 1.165) is 92.9 Å². The molecule has 4 aliphatic rings. The van der Waals surface area contributed by atoms with Gasteiger partial charge in [-0.2, -0.15) is 0 Å². The van der Waals surface area contributed by atoms with Crippen molar-refractivity contribution in [1.82, 2.24) is 9.55 Å². The van der Waals surface area contributed by atoms with Crippen LogP contribution in [0.3, 0.4) is 0 Å². The number of hydrogen-bond donors (Lipinski definition) is 3. The second-order valence-electron chi connectivity index (χ2n) is 18.4. The normalized spacial score (nSPS) is 16.7. The van der Waals surface area contributed by atoms with E-state index in [0.29, 0.717) is 5.75 Å². The van der Waals surface area contributed by atoms with Crippen molar-refractivity contribution in [3.8, 4) is 23.0 Å². The van der Waals surface area contributed by atoms with Gasteiger partial charge in [0.05, 0.1) is 16.3 Å². The average Bonchev–Trinajstić information content (AvgIpc) is 3.90. The predicted molar refractivity (Wildman–Crippen MR) is 228 cm³/mol. The number of anilines is 2. The third kappa shape index (κ3) is 6.96. The number of H-pyrrole nitrogens is 1. The van der Waals surface area contributed by atoms with Gasteiger partial charge in [-0.25, -0.2) is 0 Å². The topological polar surface area (TPSA) is 133 Å². The molecule has 3 N–H and O–H groups in total. The zero-order chi connectivity index (χ0) is 41.5.